The first-order valence-corrected chi connectivity index (χ1v) is 7.21. The Balaban J connectivity index is 2.04. The van der Waals surface area contributed by atoms with Gasteiger partial charge in [-0.2, -0.15) is 0 Å². The van der Waals surface area contributed by atoms with E-state index in [4.69, 9.17) is 5.11 Å². The summed E-state index contributed by atoms with van der Waals surface area (Å²) in [4.78, 5) is 23.6. The molecule has 0 bridgehead atoms. The van der Waals surface area contributed by atoms with E-state index >= 15 is 0 Å². The lowest BCUT2D eigenvalue weighted by Crippen LogP contribution is -2.56. The molecule has 1 amide bonds. The maximum atomic E-state index is 12.5. The summed E-state index contributed by atoms with van der Waals surface area (Å²) in [6, 6.07) is 0. The van der Waals surface area contributed by atoms with Gasteiger partial charge in [0.25, 0.3) is 0 Å². The molecule has 19 heavy (non-hydrogen) atoms. The highest BCUT2D eigenvalue weighted by Crippen LogP contribution is 2.35. The minimum Gasteiger partial charge on any atom is -0.481 e. The second kappa shape index (κ2) is 5.49. The van der Waals surface area contributed by atoms with E-state index in [1.165, 1.54) is 0 Å². The van der Waals surface area contributed by atoms with Crippen LogP contribution < -0.4 is 10.6 Å². The van der Waals surface area contributed by atoms with E-state index in [1.807, 2.05) is 6.92 Å². The summed E-state index contributed by atoms with van der Waals surface area (Å²) in [5, 5.41) is 15.4. The predicted octanol–water partition coefficient (Wildman–Crippen LogP) is 1.28. The molecule has 2 aliphatic rings. The zero-order chi connectivity index (χ0) is 13.9. The molecule has 1 heterocycles. The lowest BCUT2D eigenvalue weighted by atomic mass is 9.80. The number of piperidine rings is 1. The average Bonchev–Trinajstić information content (AvgIpc) is 2.77. The van der Waals surface area contributed by atoms with Gasteiger partial charge in [-0.3, -0.25) is 9.59 Å². The Kier molecular flexibility index (Phi) is 4.13. The molecule has 1 saturated heterocycles. The summed E-state index contributed by atoms with van der Waals surface area (Å²) < 4.78 is 0. The maximum absolute atomic E-state index is 12.5. The SMILES string of the molecule is CC1(C(=O)NC2(CC(=O)O)CCCC2)CCCNC1. The Morgan fingerprint density at radius 1 is 1.21 bits per heavy atom. The number of carboxylic acid groups (broad SMARTS) is 1. The van der Waals surface area contributed by atoms with Crippen molar-refractivity contribution in [3.8, 4) is 0 Å². The molecular weight excluding hydrogens is 244 g/mol. The number of carbonyl (C=O) groups is 2. The summed E-state index contributed by atoms with van der Waals surface area (Å²) in [5.74, 6) is -0.808. The fraction of sp³-hybridized carbons (Fsp3) is 0.857. The zero-order valence-electron chi connectivity index (χ0n) is 11.6. The van der Waals surface area contributed by atoms with E-state index in [0.29, 0.717) is 6.54 Å². The molecule has 2 fully saturated rings. The number of carboxylic acids is 1. The van der Waals surface area contributed by atoms with Gasteiger partial charge in [0.05, 0.1) is 17.4 Å². The van der Waals surface area contributed by atoms with Crippen LogP contribution in [0.1, 0.15) is 51.9 Å². The van der Waals surface area contributed by atoms with E-state index in [0.717, 1.165) is 45.1 Å². The summed E-state index contributed by atoms with van der Waals surface area (Å²) >= 11 is 0. The molecule has 1 saturated carbocycles. The van der Waals surface area contributed by atoms with Gasteiger partial charge in [0.2, 0.25) is 5.91 Å². The van der Waals surface area contributed by atoms with Crippen LogP contribution >= 0.6 is 0 Å². The second-order valence-electron chi connectivity index (χ2n) is 6.35. The molecule has 5 nitrogen and oxygen atoms in total. The largest absolute Gasteiger partial charge is 0.481 e. The smallest absolute Gasteiger partial charge is 0.305 e. The number of hydrogen-bond acceptors (Lipinski definition) is 3. The van der Waals surface area contributed by atoms with Crippen LogP contribution in [-0.2, 0) is 9.59 Å². The van der Waals surface area contributed by atoms with Crippen molar-refractivity contribution in [3.63, 3.8) is 0 Å². The highest BCUT2D eigenvalue weighted by Gasteiger charge is 2.42. The normalized spacial score (nSPS) is 29.9. The molecule has 0 spiro atoms. The third-order valence-corrected chi connectivity index (χ3v) is 4.57. The predicted molar refractivity (Wildman–Crippen MR) is 71.8 cm³/mol. The highest BCUT2D eigenvalue weighted by molar-refractivity contribution is 5.84. The summed E-state index contributed by atoms with van der Waals surface area (Å²) in [6.07, 6.45) is 5.49. The van der Waals surface area contributed by atoms with E-state index in [-0.39, 0.29) is 12.3 Å². The number of amides is 1. The van der Waals surface area contributed by atoms with E-state index in [1.54, 1.807) is 0 Å². The average molecular weight is 268 g/mol. The van der Waals surface area contributed by atoms with Crippen LogP contribution in [0.4, 0.5) is 0 Å². The lowest BCUT2D eigenvalue weighted by Gasteiger charge is -2.37. The quantitative estimate of drug-likeness (QED) is 0.717. The van der Waals surface area contributed by atoms with Gasteiger partial charge in [-0.05, 0) is 39.2 Å². The van der Waals surface area contributed by atoms with Gasteiger partial charge in [-0.15, -0.1) is 0 Å². The molecule has 0 aromatic heterocycles. The molecular formula is C14H24N2O3. The van der Waals surface area contributed by atoms with Gasteiger partial charge in [-0.25, -0.2) is 0 Å². The van der Waals surface area contributed by atoms with Gasteiger partial charge in [-0.1, -0.05) is 12.8 Å². The Morgan fingerprint density at radius 3 is 2.42 bits per heavy atom. The van der Waals surface area contributed by atoms with Crippen molar-refractivity contribution in [1.82, 2.24) is 10.6 Å². The lowest BCUT2D eigenvalue weighted by molar-refractivity contribution is -0.140. The summed E-state index contributed by atoms with van der Waals surface area (Å²) in [7, 11) is 0. The van der Waals surface area contributed by atoms with Crippen LogP contribution in [-0.4, -0.2) is 35.6 Å². The Bertz CT molecular complexity index is 356. The summed E-state index contributed by atoms with van der Waals surface area (Å²) in [6.45, 7) is 3.61. The number of carbonyl (C=O) groups excluding carboxylic acids is 1. The molecule has 2 rings (SSSR count). The number of rotatable bonds is 4. The molecule has 0 aromatic rings. The van der Waals surface area contributed by atoms with Crippen LogP contribution in [0.3, 0.4) is 0 Å². The number of hydrogen-bond donors (Lipinski definition) is 3. The molecule has 1 aliphatic heterocycles. The maximum Gasteiger partial charge on any atom is 0.305 e. The van der Waals surface area contributed by atoms with Crippen LogP contribution in [0, 0.1) is 5.41 Å². The first-order chi connectivity index (χ1) is 8.96. The molecule has 5 heteroatoms. The topological polar surface area (TPSA) is 78.4 Å². The van der Waals surface area contributed by atoms with Crippen molar-refractivity contribution >= 4 is 11.9 Å². The Labute approximate surface area is 114 Å². The van der Waals surface area contributed by atoms with E-state index in [2.05, 4.69) is 10.6 Å². The van der Waals surface area contributed by atoms with Crippen LogP contribution in [0.2, 0.25) is 0 Å². The summed E-state index contributed by atoms with van der Waals surface area (Å²) in [5.41, 5.74) is -0.907. The third kappa shape index (κ3) is 3.26. The third-order valence-electron chi connectivity index (χ3n) is 4.57. The number of aliphatic carboxylic acids is 1. The minimum atomic E-state index is -0.825. The minimum absolute atomic E-state index is 0.0165. The van der Waals surface area contributed by atoms with E-state index in [9.17, 15) is 9.59 Å². The standard InChI is InChI=1S/C14H24N2O3/c1-13(5-4-8-15-10-13)12(19)16-14(9-11(17)18)6-2-3-7-14/h15H,2-10H2,1H3,(H,16,19)(H,17,18). The first kappa shape index (κ1) is 14.3. The van der Waals surface area contributed by atoms with Crippen molar-refractivity contribution in [2.45, 2.75) is 57.4 Å². The van der Waals surface area contributed by atoms with Crippen molar-refractivity contribution in [1.29, 1.82) is 0 Å². The second-order valence-corrected chi connectivity index (χ2v) is 6.35. The van der Waals surface area contributed by atoms with Gasteiger partial charge < -0.3 is 15.7 Å². The Hall–Kier alpha value is -1.10. The molecule has 108 valence electrons. The van der Waals surface area contributed by atoms with Crippen molar-refractivity contribution < 1.29 is 14.7 Å². The Morgan fingerprint density at radius 2 is 1.89 bits per heavy atom. The highest BCUT2D eigenvalue weighted by atomic mass is 16.4. The van der Waals surface area contributed by atoms with Gasteiger partial charge in [0.15, 0.2) is 0 Å². The molecule has 0 radical (unpaired) electrons. The number of nitrogens with one attached hydrogen (secondary N) is 2. The van der Waals surface area contributed by atoms with Gasteiger partial charge in [0.1, 0.15) is 0 Å². The van der Waals surface area contributed by atoms with E-state index < -0.39 is 16.9 Å². The van der Waals surface area contributed by atoms with Crippen molar-refractivity contribution in [2.75, 3.05) is 13.1 Å². The zero-order valence-corrected chi connectivity index (χ0v) is 11.6. The monoisotopic (exact) mass is 268 g/mol. The molecule has 1 atom stereocenters. The van der Waals surface area contributed by atoms with Gasteiger partial charge >= 0.3 is 5.97 Å². The van der Waals surface area contributed by atoms with Gasteiger partial charge in [0, 0.05) is 6.54 Å². The van der Waals surface area contributed by atoms with Crippen LogP contribution in [0.5, 0.6) is 0 Å². The fourth-order valence-electron chi connectivity index (χ4n) is 3.33. The van der Waals surface area contributed by atoms with Crippen LogP contribution in [0.15, 0.2) is 0 Å². The van der Waals surface area contributed by atoms with Crippen LogP contribution in [0.25, 0.3) is 0 Å². The molecule has 0 aromatic carbocycles. The van der Waals surface area contributed by atoms with Crippen molar-refractivity contribution in [2.24, 2.45) is 5.41 Å². The molecule has 3 N–H and O–H groups in total. The first-order valence-electron chi connectivity index (χ1n) is 7.21. The molecule has 1 unspecified atom stereocenters. The van der Waals surface area contributed by atoms with Crippen molar-refractivity contribution in [3.05, 3.63) is 0 Å². The fourth-order valence-corrected chi connectivity index (χ4v) is 3.33. The molecule has 1 aliphatic carbocycles.